The van der Waals surface area contributed by atoms with E-state index in [9.17, 15) is 65.9 Å². The Morgan fingerprint density at radius 3 is 1.10 bits per heavy atom. The standard InChI is InChI=1S/C41H20F15N3/c1-19-10-20(12-25(11-19)41(54,55)56)30-17-36(59-33-15-23(39(48,49)50)4-8-28(33)29-9-5-24(16-34(29)59)40(51,52)53)57-18-35(30)58-31-13-21(37(42,43)44)2-6-26(31)27-7-3-22(14-32(27)58)38(45,46)47/h2-18H,1H3. The molecule has 3 nitrogen and oxygen atoms in total. The summed E-state index contributed by atoms with van der Waals surface area (Å²) >= 11 is 0. The van der Waals surface area contributed by atoms with Crippen LogP contribution in [-0.2, 0) is 30.9 Å². The topological polar surface area (TPSA) is 22.8 Å². The summed E-state index contributed by atoms with van der Waals surface area (Å²) in [6.07, 6.45) is -24.0. The van der Waals surface area contributed by atoms with Gasteiger partial charge in [-0.05, 0) is 84.8 Å². The lowest BCUT2D eigenvalue weighted by Gasteiger charge is -2.19. The van der Waals surface area contributed by atoms with Crippen LogP contribution in [0, 0.1) is 6.92 Å². The maximum atomic E-state index is 14.3. The molecule has 304 valence electrons. The number of rotatable bonds is 3. The van der Waals surface area contributed by atoms with E-state index in [4.69, 9.17) is 0 Å². The molecule has 59 heavy (non-hydrogen) atoms. The van der Waals surface area contributed by atoms with Crippen LogP contribution in [-0.4, -0.2) is 14.1 Å². The molecule has 0 spiro atoms. The number of nitrogens with zero attached hydrogens (tertiary/aromatic N) is 3. The van der Waals surface area contributed by atoms with Crippen molar-refractivity contribution in [2.24, 2.45) is 0 Å². The van der Waals surface area contributed by atoms with Crippen molar-refractivity contribution >= 4 is 43.6 Å². The first-order valence-electron chi connectivity index (χ1n) is 17.0. The zero-order valence-electron chi connectivity index (χ0n) is 29.3. The maximum absolute atomic E-state index is 14.3. The van der Waals surface area contributed by atoms with Gasteiger partial charge in [-0.3, -0.25) is 4.57 Å². The average Bonchev–Trinajstić information content (AvgIpc) is 3.64. The minimum Gasteiger partial charge on any atom is -0.307 e. The third-order valence-corrected chi connectivity index (χ3v) is 9.90. The van der Waals surface area contributed by atoms with Gasteiger partial charge < -0.3 is 4.57 Å². The van der Waals surface area contributed by atoms with E-state index in [0.29, 0.717) is 54.6 Å². The summed E-state index contributed by atoms with van der Waals surface area (Å²) in [5.41, 5.74) is -8.56. The second-order valence-electron chi connectivity index (χ2n) is 13.7. The monoisotopic (exact) mass is 839 g/mol. The molecule has 0 fully saturated rings. The highest BCUT2D eigenvalue weighted by Gasteiger charge is 2.36. The molecule has 8 rings (SSSR count). The number of pyridine rings is 1. The highest BCUT2D eigenvalue weighted by Crippen LogP contribution is 2.45. The Hall–Kier alpha value is -6.20. The fourth-order valence-corrected chi connectivity index (χ4v) is 7.32. The van der Waals surface area contributed by atoms with Crippen molar-refractivity contribution in [3.8, 4) is 22.6 Å². The van der Waals surface area contributed by atoms with Gasteiger partial charge in [-0.25, -0.2) is 4.98 Å². The minimum absolute atomic E-state index is 0.00117. The summed E-state index contributed by atoms with van der Waals surface area (Å²) in [6, 6.07) is 13.0. The summed E-state index contributed by atoms with van der Waals surface area (Å²) in [7, 11) is 0. The Labute approximate surface area is 320 Å². The minimum atomic E-state index is -4.98. The second-order valence-corrected chi connectivity index (χ2v) is 13.7. The normalized spacial score (nSPS) is 13.4. The number of aryl methyl sites for hydroxylation is 1. The number of hydrogen-bond acceptors (Lipinski definition) is 1. The van der Waals surface area contributed by atoms with E-state index in [2.05, 4.69) is 4.98 Å². The first-order valence-corrected chi connectivity index (χ1v) is 17.0. The molecule has 0 amide bonds. The van der Waals surface area contributed by atoms with E-state index in [1.54, 1.807) is 0 Å². The van der Waals surface area contributed by atoms with Crippen LogP contribution in [0.4, 0.5) is 65.9 Å². The fourth-order valence-electron chi connectivity index (χ4n) is 7.32. The van der Waals surface area contributed by atoms with E-state index in [-0.39, 0.29) is 66.0 Å². The first-order chi connectivity index (χ1) is 27.3. The Morgan fingerprint density at radius 2 is 0.746 bits per heavy atom. The Kier molecular flexibility index (Phi) is 8.66. The molecule has 0 N–H and O–H groups in total. The van der Waals surface area contributed by atoms with Crippen LogP contribution in [0.15, 0.2) is 103 Å². The predicted molar refractivity (Wildman–Crippen MR) is 188 cm³/mol. The average molecular weight is 840 g/mol. The number of benzene rings is 5. The van der Waals surface area contributed by atoms with Crippen molar-refractivity contribution in [3.05, 3.63) is 137 Å². The molecule has 0 radical (unpaired) electrons. The van der Waals surface area contributed by atoms with E-state index >= 15 is 0 Å². The lowest BCUT2D eigenvalue weighted by molar-refractivity contribution is -0.138. The molecule has 18 heteroatoms. The van der Waals surface area contributed by atoms with Crippen LogP contribution >= 0.6 is 0 Å². The molecule has 0 aliphatic rings. The Morgan fingerprint density at radius 1 is 0.390 bits per heavy atom. The van der Waals surface area contributed by atoms with Gasteiger partial charge in [-0.15, -0.1) is 0 Å². The summed E-state index contributed by atoms with van der Waals surface area (Å²) in [6.45, 7) is 1.27. The first kappa shape index (κ1) is 39.6. The van der Waals surface area contributed by atoms with Gasteiger partial charge in [0.25, 0.3) is 0 Å². The summed E-state index contributed by atoms with van der Waals surface area (Å²) in [5.74, 6) is -0.454. The zero-order chi connectivity index (χ0) is 42.8. The van der Waals surface area contributed by atoms with Gasteiger partial charge >= 0.3 is 30.9 Å². The van der Waals surface area contributed by atoms with E-state index < -0.39 is 64.5 Å². The van der Waals surface area contributed by atoms with E-state index in [1.807, 2.05) is 0 Å². The third kappa shape index (κ3) is 6.86. The van der Waals surface area contributed by atoms with Gasteiger partial charge in [0.15, 0.2) is 0 Å². The van der Waals surface area contributed by atoms with Crippen LogP contribution < -0.4 is 0 Å². The maximum Gasteiger partial charge on any atom is 0.416 e. The number of fused-ring (bicyclic) bond motifs is 6. The van der Waals surface area contributed by atoms with Crippen molar-refractivity contribution < 1.29 is 65.9 Å². The summed E-state index contributed by atoms with van der Waals surface area (Å²) in [5, 5.41) is 0.0362. The van der Waals surface area contributed by atoms with Crippen LogP contribution in [0.2, 0.25) is 0 Å². The van der Waals surface area contributed by atoms with E-state index in [0.717, 1.165) is 51.7 Å². The Bertz CT molecular complexity index is 2850. The van der Waals surface area contributed by atoms with Crippen molar-refractivity contribution in [2.75, 3.05) is 0 Å². The highest BCUT2D eigenvalue weighted by molar-refractivity contribution is 6.11. The Balaban J connectivity index is 1.54. The molecule has 8 aromatic rings. The molecule has 0 aliphatic carbocycles. The van der Waals surface area contributed by atoms with Crippen molar-refractivity contribution in [3.63, 3.8) is 0 Å². The fraction of sp³-hybridized carbons (Fsp3) is 0.146. The number of halogens is 15. The third-order valence-electron chi connectivity index (χ3n) is 9.90. The molecule has 0 saturated carbocycles. The van der Waals surface area contributed by atoms with Gasteiger partial charge in [-0.1, -0.05) is 30.3 Å². The lowest BCUT2D eigenvalue weighted by Crippen LogP contribution is -2.09. The molecular formula is C41H20F15N3. The van der Waals surface area contributed by atoms with Crippen LogP contribution in [0.25, 0.3) is 66.2 Å². The van der Waals surface area contributed by atoms with Gasteiger partial charge in [0.05, 0.1) is 61.8 Å². The molecule has 0 unspecified atom stereocenters. The van der Waals surface area contributed by atoms with Crippen molar-refractivity contribution in [1.82, 2.24) is 14.1 Å². The van der Waals surface area contributed by atoms with Gasteiger partial charge in [0.1, 0.15) is 5.82 Å². The predicted octanol–water partition coefficient (Wildman–Crippen LogP) is 14.3. The largest absolute Gasteiger partial charge is 0.416 e. The van der Waals surface area contributed by atoms with Crippen molar-refractivity contribution in [2.45, 2.75) is 37.8 Å². The number of hydrogen-bond donors (Lipinski definition) is 0. The van der Waals surface area contributed by atoms with Gasteiger partial charge in [0.2, 0.25) is 0 Å². The summed E-state index contributed by atoms with van der Waals surface area (Å²) in [4.78, 5) is 4.31. The van der Waals surface area contributed by atoms with E-state index in [1.165, 1.54) is 13.0 Å². The molecule has 3 aromatic heterocycles. The quantitative estimate of drug-likeness (QED) is 0.163. The van der Waals surface area contributed by atoms with Crippen LogP contribution in [0.5, 0.6) is 0 Å². The van der Waals surface area contributed by atoms with Crippen LogP contribution in [0.3, 0.4) is 0 Å². The van der Waals surface area contributed by atoms with Gasteiger partial charge in [-0.2, -0.15) is 65.9 Å². The van der Waals surface area contributed by atoms with Crippen LogP contribution in [0.1, 0.15) is 33.4 Å². The SMILES string of the molecule is Cc1cc(-c2cc(-n3c4cc(C(F)(F)F)ccc4c4ccc(C(F)(F)F)cc43)ncc2-n2c3cc(C(F)(F)F)ccc3c3ccc(C(F)(F)F)cc32)cc(C(F)(F)F)c1. The van der Waals surface area contributed by atoms with Gasteiger partial charge in [0, 0.05) is 27.1 Å². The zero-order valence-corrected chi connectivity index (χ0v) is 29.3. The molecule has 0 saturated heterocycles. The highest BCUT2D eigenvalue weighted by atomic mass is 19.4. The molecular weight excluding hydrogens is 819 g/mol. The number of alkyl halides is 15. The molecule has 0 aliphatic heterocycles. The molecule has 0 bridgehead atoms. The molecule has 5 aromatic carbocycles. The smallest absolute Gasteiger partial charge is 0.307 e. The second kappa shape index (κ2) is 12.9. The lowest BCUT2D eigenvalue weighted by atomic mass is 9.99. The van der Waals surface area contributed by atoms with Crippen molar-refractivity contribution in [1.29, 1.82) is 0 Å². The molecule has 3 heterocycles. The molecule has 0 atom stereocenters. The summed E-state index contributed by atoms with van der Waals surface area (Å²) < 4.78 is 214. The number of aromatic nitrogens is 3.